The van der Waals surface area contributed by atoms with E-state index in [1.807, 2.05) is 11.4 Å². The number of nitrogens with zero attached hydrogens (tertiary/aromatic N) is 1. The van der Waals surface area contributed by atoms with E-state index in [0.29, 0.717) is 29.6 Å². The topological polar surface area (TPSA) is 81.0 Å². The van der Waals surface area contributed by atoms with Crippen LogP contribution >= 0.6 is 11.3 Å². The lowest BCUT2D eigenvalue weighted by Crippen LogP contribution is -2.33. The molecule has 1 aliphatic rings. The summed E-state index contributed by atoms with van der Waals surface area (Å²) < 4.78 is 6.62. The average Bonchev–Trinajstić information content (AvgIpc) is 2.94. The maximum Gasteiger partial charge on any atom is 0.268 e. The molecule has 0 saturated heterocycles. The number of thiophene rings is 1. The van der Waals surface area contributed by atoms with Crippen molar-refractivity contribution in [1.82, 2.24) is 9.97 Å². The van der Waals surface area contributed by atoms with Crippen LogP contribution in [0.2, 0.25) is 0 Å². The van der Waals surface area contributed by atoms with Gasteiger partial charge < -0.3 is 15.5 Å². The second-order valence-corrected chi connectivity index (χ2v) is 6.19. The molecule has 2 aromatic rings. The first-order valence-electron chi connectivity index (χ1n) is 7.06. The fourth-order valence-corrected chi connectivity index (χ4v) is 3.56. The summed E-state index contributed by atoms with van der Waals surface area (Å²) in [6.45, 7) is 1.01. The molecule has 1 saturated carbocycles. The van der Waals surface area contributed by atoms with Gasteiger partial charge in [0.25, 0.3) is 5.56 Å². The highest BCUT2D eigenvalue weighted by Crippen LogP contribution is 2.26. The number of H-pyrrole nitrogens is 1. The number of fused-ring (bicyclic) bond motifs is 1. The minimum atomic E-state index is -0.0809. The number of aromatic amines is 1. The Hall–Kier alpha value is -1.24. The quantitative estimate of drug-likeness (QED) is 0.903. The lowest BCUT2D eigenvalue weighted by molar-refractivity contribution is -0.0209. The van der Waals surface area contributed by atoms with Crippen LogP contribution in [0.5, 0.6) is 0 Å². The Kier molecular flexibility index (Phi) is 4.14. The van der Waals surface area contributed by atoms with Gasteiger partial charge in [-0.25, -0.2) is 4.98 Å². The van der Waals surface area contributed by atoms with Gasteiger partial charge >= 0.3 is 0 Å². The molecule has 1 fully saturated rings. The second kappa shape index (κ2) is 6.03. The minimum absolute atomic E-state index is 0.0809. The molecule has 3 rings (SSSR count). The third-order valence-corrected chi connectivity index (χ3v) is 4.84. The van der Waals surface area contributed by atoms with Crippen LogP contribution in [0.15, 0.2) is 16.2 Å². The van der Waals surface area contributed by atoms with E-state index >= 15 is 0 Å². The van der Waals surface area contributed by atoms with Crippen LogP contribution in [0.4, 0.5) is 0 Å². The molecule has 2 heterocycles. The number of hydrogen-bond acceptors (Lipinski definition) is 5. The molecule has 6 heteroatoms. The molecular formula is C14H19N3O2S. The number of ether oxygens (including phenoxy) is 1. The van der Waals surface area contributed by atoms with Crippen molar-refractivity contribution >= 4 is 21.6 Å². The van der Waals surface area contributed by atoms with Gasteiger partial charge in [-0.1, -0.05) is 12.8 Å². The van der Waals surface area contributed by atoms with Crippen LogP contribution in [-0.4, -0.2) is 22.6 Å². The largest absolute Gasteiger partial charge is 0.370 e. The summed E-state index contributed by atoms with van der Waals surface area (Å²) in [5.41, 5.74) is 6.46. The molecule has 0 aromatic carbocycles. The Morgan fingerprint density at radius 2 is 2.30 bits per heavy atom. The smallest absolute Gasteiger partial charge is 0.268 e. The number of nitrogens with one attached hydrogen (secondary N) is 1. The standard InChI is InChI=1S/C14H19N3O2S/c15-7-9-3-1-2-4-11(9)19-8-12-16-10-5-6-20-13(10)14(18)17-12/h5-6,9,11H,1-4,7-8,15H2,(H,16,17,18). The van der Waals surface area contributed by atoms with Crippen LogP contribution in [0, 0.1) is 5.92 Å². The van der Waals surface area contributed by atoms with Crippen molar-refractivity contribution in [2.75, 3.05) is 6.54 Å². The monoisotopic (exact) mass is 293 g/mol. The van der Waals surface area contributed by atoms with Crippen LogP contribution in [-0.2, 0) is 11.3 Å². The normalized spacial score (nSPS) is 23.2. The molecule has 0 amide bonds. The van der Waals surface area contributed by atoms with Gasteiger partial charge in [-0.3, -0.25) is 4.79 Å². The van der Waals surface area contributed by atoms with Crippen LogP contribution in [0.1, 0.15) is 31.5 Å². The summed E-state index contributed by atoms with van der Waals surface area (Å²) in [7, 11) is 0. The van der Waals surface area contributed by atoms with E-state index in [-0.39, 0.29) is 11.7 Å². The maximum atomic E-state index is 11.9. The van der Waals surface area contributed by atoms with Gasteiger partial charge in [0, 0.05) is 0 Å². The van der Waals surface area contributed by atoms with Crippen LogP contribution in [0.3, 0.4) is 0 Å². The Morgan fingerprint density at radius 1 is 1.45 bits per heavy atom. The van der Waals surface area contributed by atoms with Gasteiger partial charge in [0.15, 0.2) is 0 Å². The second-order valence-electron chi connectivity index (χ2n) is 5.28. The molecule has 108 valence electrons. The molecular weight excluding hydrogens is 274 g/mol. The highest BCUT2D eigenvalue weighted by Gasteiger charge is 2.24. The van der Waals surface area contributed by atoms with Crippen molar-refractivity contribution < 1.29 is 4.74 Å². The van der Waals surface area contributed by atoms with Crippen LogP contribution < -0.4 is 11.3 Å². The first-order chi connectivity index (χ1) is 9.78. The van der Waals surface area contributed by atoms with Crippen molar-refractivity contribution in [2.45, 2.75) is 38.4 Å². The first kappa shape index (κ1) is 13.7. The molecule has 2 unspecified atom stereocenters. The van der Waals surface area contributed by atoms with Crippen molar-refractivity contribution in [2.24, 2.45) is 11.7 Å². The van der Waals surface area contributed by atoms with Gasteiger partial charge in [0.2, 0.25) is 0 Å². The summed E-state index contributed by atoms with van der Waals surface area (Å²) in [5.74, 6) is 1.03. The van der Waals surface area contributed by atoms with E-state index < -0.39 is 0 Å². The van der Waals surface area contributed by atoms with Gasteiger partial charge in [-0.2, -0.15) is 0 Å². The van der Waals surface area contributed by atoms with E-state index in [0.717, 1.165) is 18.4 Å². The average molecular weight is 293 g/mol. The summed E-state index contributed by atoms with van der Waals surface area (Å²) in [6.07, 6.45) is 4.80. The van der Waals surface area contributed by atoms with E-state index in [1.165, 1.54) is 24.2 Å². The summed E-state index contributed by atoms with van der Waals surface area (Å²) >= 11 is 1.41. The van der Waals surface area contributed by atoms with Crippen LogP contribution in [0.25, 0.3) is 10.2 Å². The van der Waals surface area contributed by atoms with Gasteiger partial charge in [-0.15, -0.1) is 11.3 Å². The number of rotatable bonds is 4. The molecule has 0 aliphatic heterocycles. The summed E-state index contributed by atoms with van der Waals surface area (Å²) in [4.78, 5) is 19.1. The predicted molar refractivity (Wildman–Crippen MR) is 79.8 cm³/mol. The molecule has 2 aromatic heterocycles. The highest BCUT2D eigenvalue weighted by molar-refractivity contribution is 7.17. The molecule has 2 atom stereocenters. The Balaban J connectivity index is 1.71. The molecule has 5 nitrogen and oxygen atoms in total. The molecule has 0 spiro atoms. The molecule has 3 N–H and O–H groups in total. The number of nitrogens with two attached hydrogens (primary N) is 1. The Morgan fingerprint density at radius 3 is 3.15 bits per heavy atom. The molecule has 0 bridgehead atoms. The zero-order valence-electron chi connectivity index (χ0n) is 11.3. The van der Waals surface area contributed by atoms with Crippen molar-refractivity contribution in [3.63, 3.8) is 0 Å². The third kappa shape index (κ3) is 2.77. The lowest BCUT2D eigenvalue weighted by Gasteiger charge is -2.30. The minimum Gasteiger partial charge on any atom is -0.370 e. The number of hydrogen-bond donors (Lipinski definition) is 2. The molecule has 1 aliphatic carbocycles. The summed E-state index contributed by atoms with van der Waals surface area (Å²) in [5, 5.41) is 1.88. The SMILES string of the molecule is NCC1CCCCC1OCc1nc2ccsc2c(=O)[nH]1. The van der Waals surface area contributed by atoms with Crippen molar-refractivity contribution in [3.05, 3.63) is 27.6 Å². The highest BCUT2D eigenvalue weighted by atomic mass is 32.1. The van der Waals surface area contributed by atoms with Gasteiger partial charge in [0.1, 0.15) is 17.1 Å². The van der Waals surface area contributed by atoms with E-state index in [9.17, 15) is 4.79 Å². The lowest BCUT2D eigenvalue weighted by atomic mass is 9.86. The van der Waals surface area contributed by atoms with E-state index in [2.05, 4.69) is 9.97 Å². The van der Waals surface area contributed by atoms with E-state index in [4.69, 9.17) is 10.5 Å². The van der Waals surface area contributed by atoms with E-state index in [1.54, 1.807) is 0 Å². The zero-order valence-corrected chi connectivity index (χ0v) is 12.1. The predicted octanol–water partition coefficient (Wildman–Crippen LogP) is 2.02. The Bertz CT molecular complexity index is 637. The summed E-state index contributed by atoms with van der Waals surface area (Å²) in [6, 6.07) is 1.86. The maximum absolute atomic E-state index is 11.9. The third-order valence-electron chi connectivity index (χ3n) is 3.94. The number of aromatic nitrogens is 2. The zero-order chi connectivity index (χ0) is 13.9. The van der Waals surface area contributed by atoms with Gasteiger partial charge in [0.05, 0.1) is 11.6 Å². The first-order valence-corrected chi connectivity index (χ1v) is 7.94. The fourth-order valence-electron chi connectivity index (χ4n) is 2.84. The molecule has 20 heavy (non-hydrogen) atoms. The Labute approximate surface area is 121 Å². The van der Waals surface area contributed by atoms with Gasteiger partial charge in [-0.05, 0) is 36.8 Å². The van der Waals surface area contributed by atoms with Crippen molar-refractivity contribution in [1.29, 1.82) is 0 Å². The van der Waals surface area contributed by atoms with Crippen molar-refractivity contribution in [3.8, 4) is 0 Å². The molecule has 0 radical (unpaired) electrons. The fraction of sp³-hybridized carbons (Fsp3) is 0.571.